The Bertz CT molecular complexity index is 643. The molecule has 1 heterocycles. The molecule has 6 nitrogen and oxygen atoms in total. The van der Waals surface area contributed by atoms with E-state index in [0.717, 1.165) is 15.0 Å². The molecule has 21 heavy (non-hydrogen) atoms. The van der Waals surface area contributed by atoms with Crippen LogP contribution in [-0.2, 0) is 10.5 Å². The first-order chi connectivity index (χ1) is 10.0. The molecule has 0 aliphatic carbocycles. The largest absolute Gasteiger partial charge is 0.465 e. The fourth-order valence-electron chi connectivity index (χ4n) is 1.67. The van der Waals surface area contributed by atoms with Crippen LogP contribution in [0.4, 0.5) is 10.8 Å². The van der Waals surface area contributed by atoms with Crippen molar-refractivity contribution in [1.82, 2.24) is 10.2 Å². The molecule has 1 aromatic heterocycles. The van der Waals surface area contributed by atoms with E-state index in [4.69, 9.17) is 10.5 Å². The summed E-state index contributed by atoms with van der Waals surface area (Å²) in [5.41, 5.74) is 7.54. The Labute approximate surface area is 131 Å². The maximum Gasteiger partial charge on any atom is 0.340 e. The standard InChI is InChI=1S/C13H16N4O2S2/c1-17(2)12-15-16-13(21-12)20-7-8-5-4-6-9(14)10(8)11(18)19-3/h4-6H,7,14H2,1-3H3. The summed E-state index contributed by atoms with van der Waals surface area (Å²) in [5, 5.41) is 9.03. The van der Waals surface area contributed by atoms with Crippen molar-refractivity contribution in [1.29, 1.82) is 0 Å². The average molecular weight is 324 g/mol. The molecule has 2 aromatic rings. The highest BCUT2D eigenvalue weighted by molar-refractivity contribution is 8.00. The van der Waals surface area contributed by atoms with Crippen molar-refractivity contribution < 1.29 is 9.53 Å². The second-order valence-electron chi connectivity index (χ2n) is 4.41. The minimum Gasteiger partial charge on any atom is -0.465 e. The predicted octanol–water partition coefficient (Wildman–Crippen LogP) is 2.27. The van der Waals surface area contributed by atoms with Gasteiger partial charge in [0.2, 0.25) is 5.13 Å². The lowest BCUT2D eigenvalue weighted by Gasteiger charge is -2.09. The van der Waals surface area contributed by atoms with E-state index in [9.17, 15) is 4.79 Å². The van der Waals surface area contributed by atoms with Crippen LogP contribution in [-0.4, -0.2) is 37.4 Å². The monoisotopic (exact) mass is 324 g/mol. The number of benzene rings is 1. The molecule has 2 rings (SSSR count). The lowest BCUT2D eigenvalue weighted by molar-refractivity contribution is 0.0601. The van der Waals surface area contributed by atoms with E-state index in [2.05, 4.69) is 10.2 Å². The van der Waals surface area contributed by atoms with E-state index in [1.807, 2.05) is 31.1 Å². The molecule has 0 aliphatic heterocycles. The van der Waals surface area contributed by atoms with Crippen LogP contribution in [0.25, 0.3) is 0 Å². The van der Waals surface area contributed by atoms with Crippen LogP contribution in [0.15, 0.2) is 22.5 Å². The van der Waals surface area contributed by atoms with Gasteiger partial charge in [0.05, 0.1) is 12.7 Å². The number of hydrogen-bond donors (Lipinski definition) is 1. The fraction of sp³-hybridized carbons (Fsp3) is 0.308. The molecule has 0 atom stereocenters. The minimum atomic E-state index is -0.421. The molecule has 0 unspecified atom stereocenters. The summed E-state index contributed by atoms with van der Waals surface area (Å²) in [6, 6.07) is 5.38. The number of carbonyl (C=O) groups is 1. The van der Waals surface area contributed by atoms with Crippen LogP contribution in [0.5, 0.6) is 0 Å². The van der Waals surface area contributed by atoms with E-state index in [1.165, 1.54) is 30.2 Å². The Morgan fingerprint density at radius 1 is 1.43 bits per heavy atom. The normalized spacial score (nSPS) is 10.4. The van der Waals surface area contributed by atoms with Crippen LogP contribution >= 0.6 is 23.1 Å². The third-order valence-corrected chi connectivity index (χ3v) is 4.98. The zero-order chi connectivity index (χ0) is 15.4. The van der Waals surface area contributed by atoms with E-state index in [1.54, 1.807) is 6.07 Å². The van der Waals surface area contributed by atoms with Crippen LogP contribution < -0.4 is 10.6 Å². The molecular formula is C13H16N4O2S2. The predicted molar refractivity (Wildman–Crippen MR) is 86.0 cm³/mol. The van der Waals surface area contributed by atoms with E-state index >= 15 is 0 Å². The molecule has 0 radical (unpaired) electrons. The average Bonchev–Trinajstić information content (AvgIpc) is 2.93. The van der Waals surface area contributed by atoms with Gasteiger partial charge in [-0.2, -0.15) is 0 Å². The van der Waals surface area contributed by atoms with Gasteiger partial charge in [0.1, 0.15) is 0 Å². The molecule has 0 fully saturated rings. The number of thioether (sulfide) groups is 1. The van der Waals surface area contributed by atoms with Gasteiger partial charge in [-0.1, -0.05) is 35.2 Å². The van der Waals surface area contributed by atoms with Gasteiger partial charge < -0.3 is 15.4 Å². The molecule has 0 saturated heterocycles. The number of nitrogens with two attached hydrogens (primary N) is 1. The Morgan fingerprint density at radius 2 is 2.19 bits per heavy atom. The van der Waals surface area contributed by atoms with Crippen LogP contribution in [0, 0.1) is 0 Å². The molecule has 0 bridgehead atoms. The maximum atomic E-state index is 11.8. The first-order valence-corrected chi connectivity index (χ1v) is 7.92. The number of nitrogen functional groups attached to an aromatic ring is 1. The van der Waals surface area contributed by atoms with Gasteiger partial charge in [0.25, 0.3) is 0 Å². The number of esters is 1. The Balaban J connectivity index is 2.16. The smallest absolute Gasteiger partial charge is 0.340 e. The summed E-state index contributed by atoms with van der Waals surface area (Å²) < 4.78 is 5.63. The van der Waals surface area contributed by atoms with Gasteiger partial charge in [0.15, 0.2) is 4.34 Å². The second kappa shape index (κ2) is 6.77. The zero-order valence-electron chi connectivity index (χ0n) is 12.0. The van der Waals surface area contributed by atoms with Crippen molar-refractivity contribution in [2.24, 2.45) is 0 Å². The Hall–Kier alpha value is -1.80. The quantitative estimate of drug-likeness (QED) is 0.513. The van der Waals surface area contributed by atoms with Crippen LogP contribution in [0.3, 0.4) is 0 Å². The first kappa shape index (κ1) is 15.6. The maximum absolute atomic E-state index is 11.8. The Kier molecular flexibility index (Phi) is 5.03. The number of aromatic nitrogens is 2. The lowest BCUT2D eigenvalue weighted by atomic mass is 10.1. The highest BCUT2D eigenvalue weighted by atomic mass is 32.2. The van der Waals surface area contributed by atoms with Crippen molar-refractivity contribution in [3.8, 4) is 0 Å². The summed E-state index contributed by atoms with van der Waals surface area (Å²) in [5.74, 6) is 0.160. The minimum absolute atomic E-state index is 0.421. The topological polar surface area (TPSA) is 81.3 Å². The Morgan fingerprint density at radius 3 is 2.81 bits per heavy atom. The van der Waals surface area contributed by atoms with Crippen molar-refractivity contribution in [3.05, 3.63) is 29.3 Å². The molecule has 0 spiro atoms. The van der Waals surface area contributed by atoms with Crippen LogP contribution in [0.2, 0.25) is 0 Å². The van der Waals surface area contributed by atoms with Gasteiger partial charge in [-0.25, -0.2) is 4.79 Å². The van der Waals surface area contributed by atoms with Gasteiger partial charge in [0, 0.05) is 25.5 Å². The summed E-state index contributed by atoms with van der Waals surface area (Å²) in [6.07, 6.45) is 0. The SMILES string of the molecule is COC(=O)c1c(N)cccc1CSc1nnc(N(C)C)s1. The van der Waals surface area contributed by atoms with Gasteiger partial charge in [-0.15, -0.1) is 10.2 Å². The number of methoxy groups -OCH3 is 1. The number of nitrogens with zero attached hydrogens (tertiary/aromatic N) is 3. The molecule has 0 aliphatic rings. The fourth-order valence-corrected chi connectivity index (χ4v) is 3.43. The summed E-state index contributed by atoms with van der Waals surface area (Å²) >= 11 is 3.02. The summed E-state index contributed by atoms with van der Waals surface area (Å²) in [7, 11) is 5.18. The molecule has 112 valence electrons. The number of carbonyl (C=O) groups excluding carboxylic acids is 1. The third kappa shape index (κ3) is 3.64. The molecule has 8 heteroatoms. The van der Waals surface area contributed by atoms with Gasteiger partial charge in [-0.05, 0) is 11.6 Å². The summed E-state index contributed by atoms with van der Waals surface area (Å²) in [6.45, 7) is 0. The third-order valence-electron chi connectivity index (χ3n) is 2.70. The van der Waals surface area contributed by atoms with E-state index < -0.39 is 5.97 Å². The molecule has 2 N–H and O–H groups in total. The first-order valence-electron chi connectivity index (χ1n) is 6.12. The molecular weight excluding hydrogens is 308 g/mol. The van der Waals surface area contributed by atoms with E-state index in [-0.39, 0.29) is 0 Å². The van der Waals surface area contributed by atoms with Crippen molar-refractivity contribution in [2.75, 3.05) is 31.8 Å². The highest BCUT2D eigenvalue weighted by Crippen LogP contribution is 2.31. The number of ether oxygens (including phenoxy) is 1. The van der Waals surface area contributed by atoms with Crippen LogP contribution in [0.1, 0.15) is 15.9 Å². The number of anilines is 2. The summed E-state index contributed by atoms with van der Waals surface area (Å²) in [4.78, 5) is 13.7. The molecule has 1 aromatic carbocycles. The van der Waals surface area contributed by atoms with E-state index in [0.29, 0.717) is 17.0 Å². The second-order valence-corrected chi connectivity index (χ2v) is 6.59. The zero-order valence-corrected chi connectivity index (χ0v) is 13.6. The van der Waals surface area contributed by atoms with Crippen molar-refractivity contribution >= 4 is 39.9 Å². The lowest BCUT2D eigenvalue weighted by Crippen LogP contribution is -2.09. The van der Waals surface area contributed by atoms with Crippen molar-refractivity contribution in [2.45, 2.75) is 10.1 Å². The van der Waals surface area contributed by atoms with Crippen molar-refractivity contribution in [3.63, 3.8) is 0 Å². The number of rotatable bonds is 5. The molecule has 0 saturated carbocycles. The van der Waals surface area contributed by atoms with Gasteiger partial charge >= 0.3 is 5.97 Å². The number of hydrogen-bond acceptors (Lipinski definition) is 8. The molecule has 0 amide bonds. The highest BCUT2D eigenvalue weighted by Gasteiger charge is 2.16. The van der Waals surface area contributed by atoms with Gasteiger partial charge in [-0.3, -0.25) is 0 Å².